The summed E-state index contributed by atoms with van der Waals surface area (Å²) in [6.07, 6.45) is 1.01. The van der Waals surface area contributed by atoms with Gasteiger partial charge in [0.2, 0.25) is 5.91 Å². The van der Waals surface area contributed by atoms with Crippen molar-refractivity contribution in [3.05, 3.63) is 23.2 Å². The molecule has 19 heavy (non-hydrogen) atoms. The van der Waals surface area contributed by atoms with Gasteiger partial charge >= 0.3 is 0 Å². The van der Waals surface area contributed by atoms with Crippen molar-refractivity contribution in [1.29, 1.82) is 0 Å². The Morgan fingerprint density at radius 2 is 2.26 bits per heavy atom. The van der Waals surface area contributed by atoms with E-state index in [-0.39, 0.29) is 5.91 Å². The molecule has 0 spiro atoms. The molecule has 4 nitrogen and oxygen atoms in total. The molecule has 0 saturated carbocycles. The monoisotopic (exact) mass is 299 g/mol. The second-order valence-electron chi connectivity index (χ2n) is 4.46. The molecule has 0 aliphatic carbocycles. The molecule has 1 aromatic carbocycles. The van der Waals surface area contributed by atoms with Gasteiger partial charge < -0.3 is 16.0 Å². The summed E-state index contributed by atoms with van der Waals surface area (Å²) in [5.74, 6) is 0.588. The maximum absolute atomic E-state index is 12.1. The summed E-state index contributed by atoms with van der Waals surface area (Å²) in [7, 11) is 0. The Hall–Kier alpha value is -0.910. The van der Waals surface area contributed by atoms with Crippen molar-refractivity contribution in [3.63, 3.8) is 0 Å². The smallest absolute Gasteiger partial charge is 0.232 e. The van der Waals surface area contributed by atoms with Crippen LogP contribution in [0.4, 0.5) is 5.69 Å². The molecule has 0 bridgehead atoms. The number of halogens is 1. The van der Waals surface area contributed by atoms with Gasteiger partial charge in [-0.3, -0.25) is 4.79 Å². The van der Waals surface area contributed by atoms with E-state index in [1.165, 1.54) is 11.8 Å². The lowest BCUT2D eigenvalue weighted by molar-refractivity contribution is -0.128. The van der Waals surface area contributed by atoms with E-state index in [2.05, 4.69) is 5.32 Å². The normalized spacial score (nSPS) is 16.2. The van der Waals surface area contributed by atoms with Gasteiger partial charge in [-0.05, 0) is 31.2 Å². The minimum Gasteiger partial charge on any atom is -0.399 e. The van der Waals surface area contributed by atoms with Crippen LogP contribution in [0, 0.1) is 0 Å². The zero-order valence-electron chi connectivity index (χ0n) is 10.7. The molecule has 104 valence electrons. The third-order valence-corrected chi connectivity index (χ3v) is 4.48. The van der Waals surface area contributed by atoms with Crippen molar-refractivity contribution >= 4 is 35.0 Å². The Bertz CT molecular complexity index is 448. The lowest BCUT2D eigenvalue weighted by Crippen LogP contribution is -2.35. The SMILES string of the molecule is Nc1ccc(SCC(=O)N2CCCNCC2)c(Cl)c1. The van der Waals surface area contributed by atoms with Gasteiger partial charge in [-0.15, -0.1) is 11.8 Å². The molecule has 1 heterocycles. The largest absolute Gasteiger partial charge is 0.399 e. The number of nitrogens with one attached hydrogen (secondary N) is 1. The molecule has 0 aromatic heterocycles. The first-order valence-corrected chi connectivity index (χ1v) is 7.69. The topological polar surface area (TPSA) is 58.4 Å². The highest BCUT2D eigenvalue weighted by atomic mass is 35.5. The van der Waals surface area contributed by atoms with Gasteiger partial charge in [0, 0.05) is 30.2 Å². The molecular formula is C13H18ClN3OS. The lowest BCUT2D eigenvalue weighted by atomic mass is 10.3. The fraction of sp³-hybridized carbons (Fsp3) is 0.462. The number of amides is 1. The van der Waals surface area contributed by atoms with Crippen molar-refractivity contribution in [2.24, 2.45) is 0 Å². The Morgan fingerprint density at radius 1 is 1.42 bits per heavy atom. The number of carbonyl (C=O) groups excluding carboxylic acids is 1. The summed E-state index contributed by atoms with van der Waals surface area (Å²) < 4.78 is 0. The van der Waals surface area contributed by atoms with Crippen LogP contribution in [0.5, 0.6) is 0 Å². The van der Waals surface area contributed by atoms with Crippen molar-refractivity contribution < 1.29 is 4.79 Å². The number of carbonyl (C=O) groups is 1. The van der Waals surface area contributed by atoms with Crippen molar-refractivity contribution in [1.82, 2.24) is 10.2 Å². The van der Waals surface area contributed by atoms with Crippen LogP contribution in [0.3, 0.4) is 0 Å². The predicted octanol–water partition coefficient (Wildman–Crippen LogP) is 1.84. The Kier molecular flexibility index (Phi) is 5.36. The van der Waals surface area contributed by atoms with Gasteiger partial charge in [-0.2, -0.15) is 0 Å². The zero-order chi connectivity index (χ0) is 13.7. The van der Waals surface area contributed by atoms with E-state index < -0.39 is 0 Å². The summed E-state index contributed by atoms with van der Waals surface area (Å²) in [6.45, 7) is 3.48. The number of rotatable bonds is 3. The van der Waals surface area contributed by atoms with Crippen LogP contribution >= 0.6 is 23.4 Å². The highest BCUT2D eigenvalue weighted by molar-refractivity contribution is 8.00. The maximum atomic E-state index is 12.1. The molecule has 1 aliphatic heterocycles. The second kappa shape index (κ2) is 7.03. The molecule has 0 unspecified atom stereocenters. The van der Waals surface area contributed by atoms with E-state index in [4.69, 9.17) is 17.3 Å². The van der Waals surface area contributed by atoms with Crippen LogP contribution < -0.4 is 11.1 Å². The molecule has 6 heteroatoms. The molecule has 0 atom stereocenters. The average molecular weight is 300 g/mol. The molecule has 0 radical (unpaired) electrons. The van der Waals surface area contributed by atoms with Gasteiger partial charge in [0.1, 0.15) is 0 Å². The highest BCUT2D eigenvalue weighted by Gasteiger charge is 2.15. The van der Waals surface area contributed by atoms with E-state index in [0.717, 1.165) is 37.5 Å². The predicted molar refractivity (Wildman–Crippen MR) is 80.7 cm³/mol. The number of benzene rings is 1. The third kappa shape index (κ3) is 4.30. The summed E-state index contributed by atoms with van der Waals surface area (Å²) in [6, 6.07) is 5.37. The van der Waals surface area contributed by atoms with Crippen LogP contribution in [0.25, 0.3) is 0 Å². The van der Waals surface area contributed by atoms with E-state index in [0.29, 0.717) is 16.5 Å². The molecule has 1 saturated heterocycles. The number of nitrogens with two attached hydrogens (primary N) is 1. The van der Waals surface area contributed by atoms with Crippen molar-refractivity contribution in [2.45, 2.75) is 11.3 Å². The fourth-order valence-electron chi connectivity index (χ4n) is 1.96. The second-order valence-corrected chi connectivity index (χ2v) is 5.89. The van der Waals surface area contributed by atoms with Crippen LogP contribution in [0.1, 0.15) is 6.42 Å². The van der Waals surface area contributed by atoms with Crippen LogP contribution in [0.2, 0.25) is 5.02 Å². The zero-order valence-corrected chi connectivity index (χ0v) is 12.3. The summed E-state index contributed by atoms with van der Waals surface area (Å²) in [5, 5.41) is 3.89. The summed E-state index contributed by atoms with van der Waals surface area (Å²) >= 11 is 7.55. The molecule has 1 amide bonds. The molecule has 1 aromatic rings. The Labute approximate surface area is 122 Å². The van der Waals surface area contributed by atoms with Gasteiger partial charge in [0.25, 0.3) is 0 Å². The number of hydrogen-bond donors (Lipinski definition) is 2. The van der Waals surface area contributed by atoms with E-state index in [1.807, 2.05) is 11.0 Å². The molecule has 2 rings (SSSR count). The van der Waals surface area contributed by atoms with Crippen molar-refractivity contribution in [2.75, 3.05) is 37.7 Å². The number of hydrogen-bond acceptors (Lipinski definition) is 4. The first-order valence-electron chi connectivity index (χ1n) is 6.33. The molecule has 1 fully saturated rings. The Balaban J connectivity index is 1.88. The number of thioether (sulfide) groups is 1. The van der Waals surface area contributed by atoms with Gasteiger partial charge in [-0.1, -0.05) is 11.6 Å². The quantitative estimate of drug-likeness (QED) is 0.660. The van der Waals surface area contributed by atoms with Gasteiger partial charge in [0.15, 0.2) is 0 Å². The van der Waals surface area contributed by atoms with E-state index in [9.17, 15) is 4.79 Å². The molecule has 3 N–H and O–H groups in total. The highest BCUT2D eigenvalue weighted by Crippen LogP contribution is 2.28. The van der Waals surface area contributed by atoms with E-state index in [1.54, 1.807) is 12.1 Å². The van der Waals surface area contributed by atoms with Crippen LogP contribution in [-0.2, 0) is 4.79 Å². The third-order valence-electron chi connectivity index (χ3n) is 3.00. The summed E-state index contributed by atoms with van der Waals surface area (Å²) in [4.78, 5) is 14.9. The first kappa shape index (κ1) is 14.5. The number of nitrogen functional groups attached to an aromatic ring is 1. The van der Waals surface area contributed by atoms with Crippen molar-refractivity contribution in [3.8, 4) is 0 Å². The van der Waals surface area contributed by atoms with Gasteiger partial charge in [0.05, 0.1) is 10.8 Å². The van der Waals surface area contributed by atoms with Gasteiger partial charge in [-0.25, -0.2) is 0 Å². The van der Waals surface area contributed by atoms with E-state index >= 15 is 0 Å². The lowest BCUT2D eigenvalue weighted by Gasteiger charge is -2.19. The number of anilines is 1. The average Bonchev–Trinajstić information content (AvgIpc) is 2.66. The summed E-state index contributed by atoms with van der Waals surface area (Å²) in [5.41, 5.74) is 6.28. The molecular weight excluding hydrogens is 282 g/mol. The number of nitrogens with zero attached hydrogens (tertiary/aromatic N) is 1. The maximum Gasteiger partial charge on any atom is 0.232 e. The Morgan fingerprint density at radius 3 is 3.05 bits per heavy atom. The fourth-order valence-corrected chi connectivity index (χ4v) is 3.14. The minimum absolute atomic E-state index is 0.168. The van der Waals surface area contributed by atoms with Crippen LogP contribution in [-0.4, -0.2) is 42.7 Å². The first-order chi connectivity index (χ1) is 9.16. The standard InChI is InChI=1S/C13H18ClN3OS/c14-11-8-10(15)2-3-12(11)19-9-13(18)17-6-1-4-16-5-7-17/h2-3,8,16H,1,4-7,9,15H2. The molecule has 1 aliphatic rings. The van der Waals surface area contributed by atoms with Crippen LogP contribution in [0.15, 0.2) is 23.1 Å². The minimum atomic E-state index is 0.168.